The molecule has 0 saturated heterocycles. The summed E-state index contributed by atoms with van der Waals surface area (Å²) >= 11 is 0. The molecule has 92 valence electrons. The fourth-order valence-corrected chi connectivity index (χ4v) is 1.78. The lowest BCUT2D eigenvalue weighted by Gasteiger charge is -2.16. The Bertz CT molecular complexity index is 275. The van der Waals surface area contributed by atoms with E-state index in [0.717, 1.165) is 25.1 Å². The summed E-state index contributed by atoms with van der Waals surface area (Å²) < 4.78 is 0. The Hall–Kier alpha value is -0.940. The Morgan fingerprint density at radius 3 is 2.75 bits per heavy atom. The SMILES string of the molecule is CC1=NN(CCN(C)C)C(=O)C1CCCN. The Morgan fingerprint density at radius 1 is 1.50 bits per heavy atom. The normalized spacial score (nSPS) is 20.8. The highest BCUT2D eigenvalue weighted by molar-refractivity contribution is 6.06. The van der Waals surface area contributed by atoms with Gasteiger partial charge < -0.3 is 10.6 Å². The predicted octanol–water partition coefficient (Wildman–Crippen LogP) is 0.121. The molecule has 0 spiro atoms. The number of likely N-dealkylation sites (N-methyl/N-ethyl adjacent to an activating group) is 1. The van der Waals surface area contributed by atoms with Crippen LogP contribution in [0.2, 0.25) is 0 Å². The maximum atomic E-state index is 12.0. The van der Waals surface area contributed by atoms with Gasteiger partial charge in [0, 0.05) is 12.3 Å². The van der Waals surface area contributed by atoms with Crippen molar-refractivity contribution in [1.29, 1.82) is 0 Å². The van der Waals surface area contributed by atoms with Gasteiger partial charge in [0.25, 0.3) is 5.91 Å². The number of amides is 1. The fraction of sp³-hybridized carbons (Fsp3) is 0.818. The van der Waals surface area contributed by atoms with E-state index in [1.54, 1.807) is 5.01 Å². The summed E-state index contributed by atoms with van der Waals surface area (Å²) in [5.74, 6) is 0.0958. The second kappa shape index (κ2) is 5.96. The van der Waals surface area contributed by atoms with Crippen LogP contribution in [0.25, 0.3) is 0 Å². The number of nitrogens with two attached hydrogens (primary N) is 1. The minimum absolute atomic E-state index is 0.0364. The van der Waals surface area contributed by atoms with Crippen molar-refractivity contribution in [2.75, 3.05) is 33.7 Å². The van der Waals surface area contributed by atoms with Gasteiger partial charge in [-0.3, -0.25) is 4.79 Å². The van der Waals surface area contributed by atoms with Crippen LogP contribution in [0, 0.1) is 5.92 Å². The molecule has 1 heterocycles. The molecule has 1 unspecified atom stereocenters. The van der Waals surface area contributed by atoms with Crippen molar-refractivity contribution in [2.24, 2.45) is 16.8 Å². The Morgan fingerprint density at radius 2 is 2.19 bits per heavy atom. The summed E-state index contributed by atoms with van der Waals surface area (Å²) in [6.07, 6.45) is 1.70. The summed E-state index contributed by atoms with van der Waals surface area (Å²) in [4.78, 5) is 14.0. The lowest BCUT2D eigenvalue weighted by molar-refractivity contribution is -0.132. The van der Waals surface area contributed by atoms with Gasteiger partial charge in [-0.1, -0.05) is 0 Å². The molecule has 0 aromatic rings. The van der Waals surface area contributed by atoms with E-state index in [1.165, 1.54) is 0 Å². The minimum Gasteiger partial charge on any atom is -0.330 e. The highest BCUT2D eigenvalue weighted by atomic mass is 16.2. The molecular formula is C11H22N4O. The second-order valence-corrected chi connectivity index (χ2v) is 4.49. The van der Waals surface area contributed by atoms with Crippen LogP contribution in [0.1, 0.15) is 19.8 Å². The zero-order valence-electron chi connectivity index (χ0n) is 10.4. The van der Waals surface area contributed by atoms with E-state index in [4.69, 9.17) is 5.73 Å². The molecule has 5 nitrogen and oxygen atoms in total. The number of rotatable bonds is 6. The number of carbonyl (C=O) groups is 1. The van der Waals surface area contributed by atoms with Crippen molar-refractivity contribution in [1.82, 2.24) is 9.91 Å². The van der Waals surface area contributed by atoms with Crippen LogP contribution < -0.4 is 5.73 Å². The van der Waals surface area contributed by atoms with E-state index >= 15 is 0 Å². The molecule has 2 N–H and O–H groups in total. The monoisotopic (exact) mass is 226 g/mol. The van der Waals surface area contributed by atoms with Gasteiger partial charge >= 0.3 is 0 Å². The molecule has 0 bridgehead atoms. The molecule has 0 aliphatic carbocycles. The van der Waals surface area contributed by atoms with Crippen LogP contribution in [-0.4, -0.2) is 55.3 Å². The summed E-state index contributed by atoms with van der Waals surface area (Å²) in [5, 5.41) is 5.90. The maximum Gasteiger partial charge on any atom is 0.251 e. The van der Waals surface area contributed by atoms with Gasteiger partial charge in [0.2, 0.25) is 0 Å². The van der Waals surface area contributed by atoms with Gasteiger partial charge in [0.1, 0.15) is 0 Å². The van der Waals surface area contributed by atoms with Crippen LogP contribution >= 0.6 is 0 Å². The standard InChI is InChI=1S/C11H22N4O/c1-9-10(5-4-6-12)11(16)15(13-9)8-7-14(2)3/h10H,4-8,12H2,1-3H3. The van der Waals surface area contributed by atoms with Crippen LogP contribution in [0.5, 0.6) is 0 Å². The second-order valence-electron chi connectivity index (χ2n) is 4.49. The Balaban J connectivity index is 2.49. The van der Waals surface area contributed by atoms with Crippen molar-refractivity contribution in [3.05, 3.63) is 0 Å². The summed E-state index contributed by atoms with van der Waals surface area (Å²) in [6, 6.07) is 0. The van der Waals surface area contributed by atoms with Gasteiger partial charge in [-0.05, 0) is 40.4 Å². The summed E-state index contributed by atoms with van der Waals surface area (Å²) in [7, 11) is 3.98. The molecule has 1 rings (SSSR count). The van der Waals surface area contributed by atoms with Crippen molar-refractivity contribution in [3.8, 4) is 0 Å². The van der Waals surface area contributed by atoms with Crippen LogP contribution in [0.15, 0.2) is 5.10 Å². The summed E-state index contributed by atoms with van der Waals surface area (Å²) in [6.45, 7) is 4.07. The average Bonchev–Trinajstić information content (AvgIpc) is 2.49. The minimum atomic E-state index is -0.0364. The number of hydrogen-bond donors (Lipinski definition) is 1. The van der Waals surface area contributed by atoms with E-state index in [0.29, 0.717) is 13.1 Å². The van der Waals surface area contributed by atoms with E-state index in [1.807, 2.05) is 25.9 Å². The van der Waals surface area contributed by atoms with Crippen molar-refractivity contribution < 1.29 is 4.79 Å². The largest absolute Gasteiger partial charge is 0.330 e. The van der Waals surface area contributed by atoms with E-state index in [-0.39, 0.29) is 11.8 Å². The molecule has 0 aromatic heterocycles. The molecule has 1 aliphatic heterocycles. The van der Waals surface area contributed by atoms with Gasteiger partial charge in [-0.15, -0.1) is 0 Å². The molecule has 1 aliphatic rings. The van der Waals surface area contributed by atoms with Gasteiger partial charge in [-0.25, -0.2) is 5.01 Å². The third-order valence-electron chi connectivity index (χ3n) is 2.79. The highest BCUT2D eigenvalue weighted by Gasteiger charge is 2.32. The first-order chi connectivity index (χ1) is 7.56. The molecule has 5 heteroatoms. The quantitative estimate of drug-likeness (QED) is 0.700. The number of nitrogens with zero attached hydrogens (tertiary/aromatic N) is 3. The third-order valence-corrected chi connectivity index (χ3v) is 2.79. The van der Waals surface area contributed by atoms with Crippen LogP contribution in [-0.2, 0) is 4.79 Å². The predicted molar refractivity (Wildman–Crippen MR) is 65.2 cm³/mol. The van der Waals surface area contributed by atoms with Gasteiger partial charge in [-0.2, -0.15) is 5.10 Å². The van der Waals surface area contributed by atoms with Gasteiger partial charge in [0.15, 0.2) is 0 Å². The Labute approximate surface area is 97.3 Å². The summed E-state index contributed by atoms with van der Waals surface area (Å²) in [5.41, 5.74) is 6.39. The van der Waals surface area contributed by atoms with Crippen LogP contribution in [0.4, 0.5) is 0 Å². The zero-order chi connectivity index (χ0) is 12.1. The smallest absolute Gasteiger partial charge is 0.251 e. The Kier molecular flexibility index (Phi) is 4.89. The molecule has 0 aromatic carbocycles. The van der Waals surface area contributed by atoms with E-state index in [2.05, 4.69) is 5.10 Å². The molecule has 0 radical (unpaired) electrons. The van der Waals surface area contributed by atoms with E-state index in [9.17, 15) is 4.79 Å². The zero-order valence-corrected chi connectivity index (χ0v) is 10.4. The molecule has 0 saturated carbocycles. The fourth-order valence-electron chi connectivity index (χ4n) is 1.78. The first-order valence-corrected chi connectivity index (χ1v) is 5.77. The van der Waals surface area contributed by atoms with Crippen molar-refractivity contribution >= 4 is 11.6 Å². The number of hydrazone groups is 1. The van der Waals surface area contributed by atoms with E-state index < -0.39 is 0 Å². The molecule has 1 amide bonds. The lowest BCUT2D eigenvalue weighted by atomic mass is 9.98. The molecule has 0 fully saturated rings. The van der Waals surface area contributed by atoms with Gasteiger partial charge in [0.05, 0.1) is 12.5 Å². The third kappa shape index (κ3) is 3.28. The highest BCUT2D eigenvalue weighted by Crippen LogP contribution is 2.19. The first kappa shape index (κ1) is 13.1. The van der Waals surface area contributed by atoms with Crippen molar-refractivity contribution in [2.45, 2.75) is 19.8 Å². The molecule has 16 heavy (non-hydrogen) atoms. The van der Waals surface area contributed by atoms with Crippen molar-refractivity contribution in [3.63, 3.8) is 0 Å². The molecular weight excluding hydrogens is 204 g/mol. The van der Waals surface area contributed by atoms with Crippen LogP contribution in [0.3, 0.4) is 0 Å². The topological polar surface area (TPSA) is 61.9 Å². The first-order valence-electron chi connectivity index (χ1n) is 5.77. The number of hydrogen-bond acceptors (Lipinski definition) is 4. The average molecular weight is 226 g/mol. The number of carbonyl (C=O) groups excluding carboxylic acids is 1. The molecule has 1 atom stereocenters. The lowest BCUT2D eigenvalue weighted by Crippen LogP contribution is -2.33. The maximum absolute atomic E-state index is 12.0.